The van der Waals surface area contributed by atoms with Crippen LogP contribution in [0.15, 0.2) is 16.7 Å². The zero-order valence-electron chi connectivity index (χ0n) is 10.9. The second-order valence-electron chi connectivity index (χ2n) is 4.04. The molecule has 0 unspecified atom stereocenters. The molecule has 0 aromatic carbocycles. The summed E-state index contributed by atoms with van der Waals surface area (Å²) in [5, 5.41) is 6.01. The van der Waals surface area contributed by atoms with E-state index in [0.717, 1.165) is 30.3 Å². The Morgan fingerprint density at radius 2 is 2.17 bits per heavy atom. The van der Waals surface area contributed by atoms with Crippen molar-refractivity contribution in [1.29, 1.82) is 0 Å². The van der Waals surface area contributed by atoms with Gasteiger partial charge in [-0.2, -0.15) is 0 Å². The highest BCUT2D eigenvalue weighted by Crippen LogP contribution is 2.17. The molecule has 1 amide bonds. The number of hydrogen-bond donors (Lipinski definition) is 2. The number of unbranched alkanes of at least 4 members (excludes halogenated alkanes) is 2. The van der Waals surface area contributed by atoms with Gasteiger partial charge in [-0.1, -0.05) is 19.8 Å². The Morgan fingerprint density at radius 3 is 2.83 bits per heavy atom. The Morgan fingerprint density at radius 1 is 1.39 bits per heavy atom. The molecule has 0 spiro atoms. The van der Waals surface area contributed by atoms with Crippen molar-refractivity contribution >= 4 is 27.7 Å². The number of nitrogens with zero attached hydrogens (tertiary/aromatic N) is 1. The zero-order chi connectivity index (χ0) is 13.4. The minimum Gasteiger partial charge on any atom is -0.370 e. The van der Waals surface area contributed by atoms with Crippen LogP contribution in [0, 0.1) is 0 Å². The molecule has 0 aliphatic carbocycles. The van der Waals surface area contributed by atoms with E-state index in [1.165, 1.54) is 0 Å². The fourth-order valence-corrected chi connectivity index (χ4v) is 1.92. The molecule has 4 nitrogen and oxygen atoms in total. The van der Waals surface area contributed by atoms with Crippen LogP contribution in [0.3, 0.4) is 0 Å². The lowest BCUT2D eigenvalue weighted by Gasteiger charge is -2.10. The van der Waals surface area contributed by atoms with E-state index in [1.807, 2.05) is 6.92 Å². The van der Waals surface area contributed by atoms with Crippen molar-refractivity contribution in [3.05, 3.63) is 22.3 Å². The molecular weight excluding hydrogens is 294 g/mol. The molecule has 18 heavy (non-hydrogen) atoms. The van der Waals surface area contributed by atoms with Crippen molar-refractivity contribution in [1.82, 2.24) is 10.3 Å². The largest absolute Gasteiger partial charge is 0.370 e. The monoisotopic (exact) mass is 313 g/mol. The van der Waals surface area contributed by atoms with E-state index in [9.17, 15) is 4.79 Å². The van der Waals surface area contributed by atoms with Gasteiger partial charge in [-0.05, 0) is 35.3 Å². The van der Waals surface area contributed by atoms with Crippen molar-refractivity contribution in [2.24, 2.45) is 0 Å². The highest BCUT2D eigenvalue weighted by Gasteiger charge is 2.12. The predicted molar refractivity (Wildman–Crippen MR) is 78.0 cm³/mol. The number of rotatable bonds is 7. The van der Waals surface area contributed by atoms with Crippen molar-refractivity contribution in [3.8, 4) is 0 Å². The van der Waals surface area contributed by atoms with Gasteiger partial charge in [-0.25, -0.2) is 4.98 Å². The highest BCUT2D eigenvalue weighted by atomic mass is 79.9. The first kappa shape index (κ1) is 15.0. The van der Waals surface area contributed by atoms with Gasteiger partial charge in [0.05, 0.1) is 5.56 Å². The van der Waals surface area contributed by atoms with Gasteiger partial charge in [-0.3, -0.25) is 4.79 Å². The third-order valence-electron chi connectivity index (χ3n) is 2.51. The number of nitrogens with one attached hydrogen (secondary N) is 2. The van der Waals surface area contributed by atoms with Crippen LogP contribution in [-0.4, -0.2) is 24.0 Å². The van der Waals surface area contributed by atoms with Crippen molar-refractivity contribution in [2.75, 3.05) is 18.4 Å². The lowest BCUT2D eigenvalue weighted by Crippen LogP contribution is -2.25. The van der Waals surface area contributed by atoms with E-state index in [4.69, 9.17) is 0 Å². The molecule has 5 heteroatoms. The highest BCUT2D eigenvalue weighted by molar-refractivity contribution is 9.10. The van der Waals surface area contributed by atoms with Gasteiger partial charge in [0, 0.05) is 23.8 Å². The summed E-state index contributed by atoms with van der Waals surface area (Å²) >= 11 is 3.34. The Labute approximate surface area is 117 Å². The van der Waals surface area contributed by atoms with Gasteiger partial charge in [0.2, 0.25) is 0 Å². The van der Waals surface area contributed by atoms with Crippen LogP contribution in [-0.2, 0) is 0 Å². The molecule has 0 saturated carbocycles. The van der Waals surface area contributed by atoms with E-state index in [-0.39, 0.29) is 5.91 Å². The van der Waals surface area contributed by atoms with Crippen molar-refractivity contribution in [2.45, 2.75) is 33.1 Å². The van der Waals surface area contributed by atoms with Gasteiger partial charge in [0.15, 0.2) is 0 Å². The number of aromatic nitrogens is 1. The maximum atomic E-state index is 12.0. The molecule has 0 bridgehead atoms. The number of pyridine rings is 1. The first-order chi connectivity index (χ1) is 8.69. The van der Waals surface area contributed by atoms with Crippen LogP contribution in [0.1, 0.15) is 43.5 Å². The van der Waals surface area contributed by atoms with Gasteiger partial charge in [0.25, 0.3) is 5.91 Å². The number of amides is 1. The summed E-state index contributed by atoms with van der Waals surface area (Å²) in [6.45, 7) is 5.57. The quantitative estimate of drug-likeness (QED) is 0.760. The van der Waals surface area contributed by atoms with Crippen LogP contribution in [0.5, 0.6) is 0 Å². The second kappa shape index (κ2) is 8.08. The first-order valence-electron chi connectivity index (χ1n) is 6.36. The number of carbonyl (C=O) groups excluding carboxylic acids is 1. The number of hydrogen-bond acceptors (Lipinski definition) is 3. The Kier molecular flexibility index (Phi) is 6.72. The lowest BCUT2D eigenvalue weighted by molar-refractivity contribution is 0.0953. The summed E-state index contributed by atoms with van der Waals surface area (Å²) in [6, 6.07) is 1.79. The number of anilines is 1. The Bertz CT molecular complexity index is 396. The average Bonchev–Trinajstić information content (AvgIpc) is 2.37. The van der Waals surface area contributed by atoms with Crippen LogP contribution < -0.4 is 10.6 Å². The Balaban J connectivity index is 2.67. The molecule has 0 radical (unpaired) electrons. The second-order valence-corrected chi connectivity index (χ2v) is 4.96. The minimum atomic E-state index is -0.0733. The average molecular weight is 314 g/mol. The first-order valence-corrected chi connectivity index (χ1v) is 7.16. The van der Waals surface area contributed by atoms with E-state index < -0.39 is 0 Å². The fraction of sp³-hybridized carbons (Fsp3) is 0.538. The number of carbonyl (C=O) groups is 1. The Hall–Kier alpha value is -1.10. The third kappa shape index (κ3) is 4.64. The maximum absolute atomic E-state index is 12.0. The van der Waals surface area contributed by atoms with Crippen molar-refractivity contribution in [3.63, 3.8) is 0 Å². The summed E-state index contributed by atoms with van der Waals surface area (Å²) in [6.07, 6.45) is 4.99. The minimum absolute atomic E-state index is 0.0733. The van der Waals surface area contributed by atoms with Crippen molar-refractivity contribution < 1.29 is 4.79 Å². The molecule has 100 valence electrons. The molecule has 1 rings (SSSR count). The summed E-state index contributed by atoms with van der Waals surface area (Å²) in [5.74, 6) is 0.560. The van der Waals surface area contributed by atoms with Crippen LogP contribution >= 0.6 is 15.9 Å². The zero-order valence-corrected chi connectivity index (χ0v) is 12.5. The van der Waals surface area contributed by atoms with E-state index in [2.05, 4.69) is 38.5 Å². The normalized spacial score (nSPS) is 10.2. The van der Waals surface area contributed by atoms with E-state index in [0.29, 0.717) is 17.9 Å². The molecule has 2 N–H and O–H groups in total. The molecular formula is C13H20BrN3O. The van der Waals surface area contributed by atoms with Gasteiger partial charge in [0.1, 0.15) is 5.82 Å². The van der Waals surface area contributed by atoms with Crippen LogP contribution in [0.25, 0.3) is 0 Å². The molecule has 1 aromatic rings. The maximum Gasteiger partial charge on any atom is 0.255 e. The number of halogens is 1. The molecule has 1 aromatic heterocycles. The third-order valence-corrected chi connectivity index (χ3v) is 2.94. The molecule has 1 heterocycles. The lowest BCUT2D eigenvalue weighted by atomic mass is 10.2. The smallest absolute Gasteiger partial charge is 0.255 e. The van der Waals surface area contributed by atoms with Gasteiger partial charge >= 0.3 is 0 Å². The summed E-state index contributed by atoms with van der Waals surface area (Å²) in [5.41, 5.74) is 0.586. The van der Waals surface area contributed by atoms with Crippen LogP contribution in [0.2, 0.25) is 0 Å². The molecule has 0 fully saturated rings. The predicted octanol–water partition coefficient (Wildman–Crippen LogP) is 3.20. The SMILES string of the molecule is CCCCCNC(=O)c1cc(Br)cnc1NCC. The molecule has 0 saturated heterocycles. The standard InChI is InChI=1S/C13H20BrN3O/c1-3-5-6-7-16-13(18)11-8-10(14)9-17-12(11)15-4-2/h8-9H,3-7H2,1-2H3,(H,15,17)(H,16,18). The summed E-state index contributed by atoms with van der Waals surface area (Å²) in [7, 11) is 0. The fourth-order valence-electron chi connectivity index (χ4n) is 1.59. The topological polar surface area (TPSA) is 54.0 Å². The van der Waals surface area contributed by atoms with Gasteiger partial charge in [-0.15, -0.1) is 0 Å². The van der Waals surface area contributed by atoms with Gasteiger partial charge < -0.3 is 10.6 Å². The molecule has 0 atom stereocenters. The molecule has 0 aliphatic rings. The van der Waals surface area contributed by atoms with E-state index >= 15 is 0 Å². The van der Waals surface area contributed by atoms with E-state index in [1.54, 1.807) is 12.3 Å². The van der Waals surface area contributed by atoms with Crippen LogP contribution in [0.4, 0.5) is 5.82 Å². The summed E-state index contributed by atoms with van der Waals surface area (Å²) in [4.78, 5) is 16.3. The summed E-state index contributed by atoms with van der Waals surface area (Å²) < 4.78 is 0.808. The molecule has 0 aliphatic heterocycles.